The van der Waals surface area contributed by atoms with Crippen molar-refractivity contribution in [2.45, 2.75) is 32.2 Å². The van der Waals surface area contributed by atoms with Crippen molar-refractivity contribution < 1.29 is 18.3 Å². The largest absolute Gasteiger partial charge is 0.480 e. The summed E-state index contributed by atoms with van der Waals surface area (Å²) in [7, 11) is -3.37. The highest BCUT2D eigenvalue weighted by Gasteiger charge is 2.42. The minimum atomic E-state index is -3.37. The van der Waals surface area contributed by atoms with Gasteiger partial charge in [-0.1, -0.05) is 0 Å². The van der Waals surface area contributed by atoms with Gasteiger partial charge in [0.1, 0.15) is 5.54 Å². The Hall–Kier alpha value is -0.620. The molecule has 0 atom stereocenters. The number of hydrogen-bond acceptors (Lipinski definition) is 3. The Morgan fingerprint density at radius 3 is 2.36 bits per heavy atom. The monoisotopic (exact) mass is 221 g/mol. The van der Waals surface area contributed by atoms with Gasteiger partial charge in [0.15, 0.2) is 0 Å². The van der Waals surface area contributed by atoms with Crippen LogP contribution in [0.25, 0.3) is 0 Å². The molecule has 14 heavy (non-hydrogen) atoms. The molecule has 1 aliphatic rings. The van der Waals surface area contributed by atoms with Crippen LogP contribution in [0.2, 0.25) is 0 Å². The molecule has 1 N–H and O–H groups in total. The van der Waals surface area contributed by atoms with Gasteiger partial charge in [-0.25, -0.2) is 8.42 Å². The van der Waals surface area contributed by atoms with E-state index in [4.69, 9.17) is 5.11 Å². The van der Waals surface area contributed by atoms with Gasteiger partial charge in [-0.3, -0.25) is 4.79 Å². The quantitative estimate of drug-likeness (QED) is 0.726. The van der Waals surface area contributed by atoms with E-state index in [9.17, 15) is 13.2 Å². The standard InChI is InChI=1S/C8H15NO4S/c1-8(2,7(10)11)9-5-3-4-6-14(9,12)13/h3-6H2,1-2H3,(H,10,11). The number of hydrogen-bond donors (Lipinski definition) is 1. The Bertz CT molecular complexity index is 333. The predicted octanol–water partition coefficient (Wildman–Crippen LogP) is 0.275. The second-order valence-corrected chi connectivity index (χ2v) is 5.97. The van der Waals surface area contributed by atoms with Gasteiger partial charge >= 0.3 is 5.97 Å². The normalized spacial score (nSPS) is 23.3. The van der Waals surface area contributed by atoms with Crippen molar-refractivity contribution in [2.24, 2.45) is 0 Å². The SMILES string of the molecule is CC(C)(C(=O)O)N1CCCCS1(=O)=O. The van der Waals surface area contributed by atoms with Crippen molar-refractivity contribution in [1.29, 1.82) is 0 Å². The molecule has 1 aliphatic heterocycles. The maximum Gasteiger partial charge on any atom is 0.324 e. The zero-order chi connectivity index (χ0) is 11.0. The molecule has 0 aliphatic carbocycles. The summed E-state index contributed by atoms with van der Waals surface area (Å²) in [5.41, 5.74) is -1.33. The molecule has 0 unspecified atom stereocenters. The first-order valence-electron chi connectivity index (χ1n) is 4.52. The van der Waals surface area contributed by atoms with Crippen molar-refractivity contribution in [1.82, 2.24) is 4.31 Å². The summed E-state index contributed by atoms with van der Waals surface area (Å²) in [6, 6.07) is 0. The summed E-state index contributed by atoms with van der Waals surface area (Å²) in [5.74, 6) is -1.05. The average Bonchev–Trinajstić information content (AvgIpc) is 2.02. The minimum Gasteiger partial charge on any atom is -0.480 e. The van der Waals surface area contributed by atoms with Crippen molar-refractivity contribution in [3.05, 3.63) is 0 Å². The fourth-order valence-electron chi connectivity index (χ4n) is 1.52. The maximum absolute atomic E-state index is 11.6. The van der Waals surface area contributed by atoms with Gasteiger partial charge in [-0.05, 0) is 26.7 Å². The number of aliphatic carboxylic acids is 1. The van der Waals surface area contributed by atoms with Crippen LogP contribution in [0.3, 0.4) is 0 Å². The zero-order valence-electron chi connectivity index (χ0n) is 8.36. The minimum absolute atomic E-state index is 0.0592. The van der Waals surface area contributed by atoms with E-state index >= 15 is 0 Å². The van der Waals surface area contributed by atoms with Crippen LogP contribution in [0, 0.1) is 0 Å². The van der Waals surface area contributed by atoms with Crippen LogP contribution in [0.5, 0.6) is 0 Å². The molecule has 0 aromatic heterocycles. The summed E-state index contributed by atoms with van der Waals surface area (Å²) in [4.78, 5) is 10.9. The maximum atomic E-state index is 11.6. The average molecular weight is 221 g/mol. The summed E-state index contributed by atoms with van der Waals surface area (Å²) >= 11 is 0. The molecule has 1 heterocycles. The zero-order valence-corrected chi connectivity index (χ0v) is 9.17. The molecule has 0 saturated carbocycles. The molecular formula is C8H15NO4S. The van der Waals surface area contributed by atoms with Crippen LogP contribution in [0.1, 0.15) is 26.7 Å². The van der Waals surface area contributed by atoms with Gasteiger partial charge in [-0.2, -0.15) is 4.31 Å². The first-order valence-corrected chi connectivity index (χ1v) is 6.13. The van der Waals surface area contributed by atoms with Crippen molar-refractivity contribution in [3.63, 3.8) is 0 Å². The second-order valence-electron chi connectivity index (χ2n) is 3.96. The van der Waals surface area contributed by atoms with E-state index in [1.807, 2.05) is 0 Å². The second kappa shape index (κ2) is 3.51. The van der Waals surface area contributed by atoms with E-state index in [0.29, 0.717) is 13.0 Å². The van der Waals surface area contributed by atoms with Gasteiger partial charge in [-0.15, -0.1) is 0 Å². The molecule has 1 rings (SSSR count). The Balaban J connectivity index is 3.01. The van der Waals surface area contributed by atoms with Gasteiger partial charge in [0, 0.05) is 6.54 Å². The van der Waals surface area contributed by atoms with E-state index < -0.39 is 21.5 Å². The van der Waals surface area contributed by atoms with Gasteiger partial charge in [0.05, 0.1) is 5.75 Å². The van der Waals surface area contributed by atoms with E-state index in [-0.39, 0.29) is 5.75 Å². The topological polar surface area (TPSA) is 74.7 Å². The summed E-state index contributed by atoms with van der Waals surface area (Å²) in [5, 5.41) is 8.92. The number of carbonyl (C=O) groups is 1. The first-order chi connectivity index (χ1) is 6.28. The number of nitrogens with zero attached hydrogens (tertiary/aromatic N) is 1. The predicted molar refractivity (Wildman–Crippen MR) is 51.4 cm³/mol. The third-order valence-electron chi connectivity index (χ3n) is 2.50. The molecule has 82 valence electrons. The highest BCUT2D eigenvalue weighted by atomic mass is 32.2. The Kier molecular flexibility index (Phi) is 2.87. The number of carboxylic acid groups (broad SMARTS) is 1. The molecule has 0 spiro atoms. The van der Waals surface area contributed by atoms with Crippen LogP contribution in [-0.4, -0.2) is 41.6 Å². The molecule has 1 fully saturated rings. The highest BCUT2D eigenvalue weighted by molar-refractivity contribution is 7.89. The molecule has 0 radical (unpaired) electrons. The molecule has 5 nitrogen and oxygen atoms in total. The fourth-order valence-corrected chi connectivity index (χ4v) is 3.49. The van der Waals surface area contributed by atoms with Crippen LogP contribution >= 0.6 is 0 Å². The van der Waals surface area contributed by atoms with Crippen molar-refractivity contribution in [2.75, 3.05) is 12.3 Å². The molecule has 0 aromatic carbocycles. The Morgan fingerprint density at radius 1 is 1.36 bits per heavy atom. The molecule has 0 bridgehead atoms. The fraction of sp³-hybridized carbons (Fsp3) is 0.875. The Morgan fingerprint density at radius 2 is 1.93 bits per heavy atom. The highest BCUT2D eigenvalue weighted by Crippen LogP contribution is 2.24. The third kappa shape index (κ3) is 1.90. The van der Waals surface area contributed by atoms with E-state index in [1.165, 1.54) is 13.8 Å². The lowest BCUT2D eigenvalue weighted by Gasteiger charge is -2.36. The van der Waals surface area contributed by atoms with E-state index in [0.717, 1.165) is 10.7 Å². The number of sulfonamides is 1. The summed E-state index contributed by atoms with van der Waals surface area (Å²) in [6.45, 7) is 3.14. The molecular weight excluding hydrogens is 206 g/mol. The van der Waals surface area contributed by atoms with E-state index in [1.54, 1.807) is 0 Å². The van der Waals surface area contributed by atoms with Crippen molar-refractivity contribution >= 4 is 16.0 Å². The van der Waals surface area contributed by atoms with Crippen LogP contribution in [-0.2, 0) is 14.8 Å². The number of carboxylic acids is 1. The van der Waals surface area contributed by atoms with E-state index in [2.05, 4.69) is 0 Å². The lowest BCUT2D eigenvalue weighted by atomic mass is 10.1. The molecule has 6 heteroatoms. The van der Waals surface area contributed by atoms with Crippen LogP contribution < -0.4 is 0 Å². The van der Waals surface area contributed by atoms with Crippen LogP contribution in [0.15, 0.2) is 0 Å². The van der Waals surface area contributed by atoms with Gasteiger partial charge < -0.3 is 5.11 Å². The lowest BCUT2D eigenvalue weighted by molar-refractivity contribution is -0.146. The third-order valence-corrected chi connectivity index (χ3v) is 4.61. The molecule has 0 amide bonds. The van der Waals surface area contributed by atoms with Gasteiger partial charge in [0.2, 0.25) is 10.0 Å². The van der Waals surface area contributed by atoms with Crippen LogP contribution in [0.4, 0.5) is 0 Å². The van der Waals surface area contributed by atoms with Gasteiger partial charge in [0.25, 0.3) is 0 Å². The lowest BCUT2D eigenvalue weighted by Crippen LogP contribution is -2.55. The first kappa shape index (κ1) is 11.5. The summed E-state index contributed by atoms with van der Waals surface area (Å²) in [6.07, 6.45) is 1.35. The van der Waals surface area contributed by atoms with Crippen molar-refractivity contribution in [3.8, 4) is 0 Å². The number of rotatable bonds is 2. The molecule has 1 saturated heterocycles. The Labute approximate surface area is 83.8 Å². The summed E-state index contributed by atoms with van der Waals surface area (Å²) < 4.78 is 24.3. The smallest absolute Gasteiger partial charge is 0.324 e. The molecule has 0 aromatic rings.